The molecule has 0 unspecified atom stereocenters. The van der Waals surface area contributed by atoms with Gasteiger partial charge in [0.25, 0.3) is 40.5 Å². The predicted molar refractivity (Wildman–Crippen MR) is 197 cm³/mol. The van der Waals surface area contributed by atoms with Gasteiger partial charge in [0.1, 0.15) is 32.7 Å². The fourth-order valence-corrected chi connectivity index (χ4v) is 7.95. The first-order valence-corrected chi connectivity index (χ1v) is 21.9. The lowest BCUT2D eigenvalue weighted by Crippen LogP contribution is -2.02. The van der Waals surface area contributed by atoms with Gasteiger partial charge in [-0.2, -0.15) is 38.8 Å². The van der Waals surface area contributed by atoms with Gasteiger partial charge in [-0.05, 0) is 60.7 Å². The van der Waals surface area contributed by atoms with Crippen LogP contribution in [0.5, 0.6) is 17.2 Å². The highest BCUT2D eigenvalue weighted by molar-refractivity contribution is 7.94. The molecule has 0 atom stereocenters. The van der Waals surface area contributed by atoms with E-state index in [0.29, 0.717) is 24.2 Å². The van der Waals surface area contributed by atoms with Crippen molar-refractivity contribution in [3.8, 4) is 17.2 Å². The molecule has 0 radical (unpaired) electrons. The van der Waals surface area contributed by atoms with E-state index in [2.05, 4.69) is 29.8 Å². The number of aryl methyl sites for hydroxylation is 1. The molecule has 5 rings (SSSR count). The summed E-state index contributed by atoms with van der Waals surface area (Å²) in [6.07, 6.45) is 0.239. The molecule has 0 fully saturated rings. The molecule has 0 spiro atoms. The number of fused-ring (bicyclic) bond motifs is 2. The van der Waals surface area contributed by atoms with Crippen LogP contribution in [-0.2, 0) is 49.8 Å². The number of benzene rings is 5. The zero-order valence-corrected chi connectivity index (χ0v) is 32.4. The molecule has 27 heteroatoms. The minimum atomic E-state index is -5.24. The molecule has 22 nitrogen and oxygen atoms in total. The first kappa shape index (κ1) is 43.2. The Kier molecular flexibility index (Phi) is 12.5. The molecule has 5 aromatic carbocycles. The van der Waals surface area contributed by atoms with Gasteiger partial charge in [0.15, 0.2) is 5.75 Å². The SMILES string of the molecule is Cc1cc(N=Nc2c(S(=O)(=O)O)cc3c(S(=O)(=O)O)cccc3c2O)c(OCCCSOOO)cc1N=Nc1cc(S(=O)(=O)O)cc2cc(S(=O)(=O)O)cc(O)c12. The van der Waals surface area contributed by atoms with E-state index in [4.69, 9.17) is 9.99 Å². The summed E-state index contributed by atoms with van der Waals surface area (Å²) in [6.45, 7) is 1.38. The van der Waals surface area contributed by atoms with E-state index in [9.17, 15) is 62.1 Å². The van der Waals surface area contributed by atoms with Crippen molar-refractivity contribution in [2.24, 2.45) is 20.5 Å². The molecule has 0 heterocycles. The van der Waals surface area contributed by atoms with Crippen molar-refractivity contribution >= 4 is 96.8 Å². The third-order valence-corrected chi connectivity index (χ3v) is 11.7. The highest BCUT2D eigenvalue weighted by Gasteiger charge is 2.26. The summed E-state index contributed by atoms with van der Waals surface area (Å²) in [4.78, 5) is -3.46. The summed E-state index contributed by atoms with van der Waals surface area (Å²) >= 11 is 0.710. The molecule has 7 N–H and O–H groups in total. The van der Waals surface area contributed by atoms with Gasteiger partial charge < -0.3 is 14.9 Å². The summed E-state index contributed by atoms with van der Waals surface area (Å²) in [5, 5.41) is 48.2. The average Bonchev–Trinajstić information content (AvgIpc) is 3.10. The summed E-state index contributed by atoms with van der Waals surface area (Å²) in [6, 6.07) is 9.55. The average molecular weight is 891 g/mol. The van der Waals surface area contributed by atoms with Crippen molar-refractivity contribution in [1.82, 2.24) is 0 Å². The maximum atomic E-state index is 12.4. The molecular weight excluding hydrogens is 865 g/mol. The molecule has 0 saturated carbocycles. The Labute approximate surface area is 326 Å². The monoisotopic (exact) mass is 890 g/mol. The van der Waals surface area contributed by atoms with Crippen LogP contribution in [0, 0.1) is 6.92 Å². The lowest BCUT2D eigenvalue weighted by Gasteiger charge is -2.12. The van der Waals surface area contributed by atoms with Crippen molar-refractivity contribution in [1.29, 1.82) is 0 Å². The smallest absolute Gasteiger partial charge is 0.296 e. The van der Waals surface area contributed by atoms with E-state index in [1.807, 2.05) is 0 Å². The molecule has 0 saturated heterocycles. The fraction of sp³-hybridized carbons (Fsp3) is 0.133. The van der Waals surface area contributed by atoms with Gasteiger partial charge in [0.2, 0.25) is 0 Å². The zero-order valence-electron chi connectivity index (χ0n) is 28.3. The summed E-state index contributed by atoms with van der Waals surface area (Å²) < 4.78 is 145. The summed E-state index contributed by atoms with van der Waals surface area (Å²) in [5.41, 5.74) is -1.18. The van der Waals surface area contributed by atoms with E-state index in [1.54, 1.807) is 0 Å². The molecule has 5 aromatic rings. The molecule has 304 valence electrons. The predicted octanol–water partition coefficient (Wildman–Crippen LogP) is 6.37. The third-order valence-electron chi connectivity index (χ3n) is 7.67. The van der Waals surface area contributed by atoms with Crippen LogP contribution in [0.3, 0.4) is 0 Å². The standard InChI is InChI=1S/C30H26N4O18S5/c1-15-8-22(32-34-29-27(57(47,48)49)13-20-19(30(29)36)4-2-5-26(20)56(44,45)46)25(50-6-3-7-53-52-51-37)14-21(15)31-33-23-11-17(54(38,39)40)9-16-10-18(55(41,42)43)12-24(35)28(16)23/h2,4-5,8-14,35-37H,3,6-7H2,1H3,(H,38,39,40)(H,41,42,43)(H,44,45,46)(H,47,48,49). The molecular formula is C30H26N4O18S5. The van der Waals surface area contributed by atoms with Crippen LogP contribution >= 0.6 is 12.0 Å². The summed E-state index contributed by atoms with van der Waals surface area (Å²) in [5.74, 6) is -1.64. The number of ether oxygens (including phenoxy) is 1. The number of hydrogen-bond acceptors (Lipinski definition) is 19. The number of rotatable bonds is 15. The first-order chi connectivity index (χ1) is 26.5. The van der Waals surface area contributed by atoms with E-state index < -0.39 is 88.3 Å². The third kappa shape index (κ3) is 9.98. The van der Waals surface area contributed by atoms with Gasteiger partial charge >= 0.3 is 0 Å². The lowest BCUT2D eigenvalue weighted by molar-refractivity contribution is -0.432. The second-order valence-corrected chi connectivity index (χ2v) is 17.9. The summed E-state index contributed by atoms with van der Waals surface area (Å²) in [7, 11) is -20.0. The highest BCUT2D eigenvalue weighted by Crippen LogP contribution is 2.45. The molecule has 0 bridgehead atoms. The van der Waals surface area contributed by atoms with Crippen LogP contribution in [0.25, 0.3) is 21.5 Å². The topological polar surface area (TPSA) is 355 Å². The van der Waals surface area contributed by atoms with Crippen molar-refractivity contribution in [3.05, 3.63) is 66.2 Å². The Hall–Kier alpha value is -4.91. The van der Waals surface area contributed by atoms with Crippen LogP contribution in [0.4, 0.5) is 22.7 Å². The first-order valence-electron chi connectivity index (χ1n) is 15.2. The minimum Gasteiger partial charge on any atom is -0.507 e. The van der Waals surface area contributed by atoms with Crippen molar-refractivity contribution < 1.29 is 81.5 Å². The molecule has 57 heavy (non-hydrogen) atoms. The molecule has 0 aliphatic rings. The Morgan fingerprint density at radius 2 is 1.28 bits per heavy atom. The molecule has 0 amide bonds. The van der Waals surface area contributed by atoms with Gasteiger partial charge in [-0.3, -0.25) is 18.2 Å². The second-order valence-electron chi connectivity index (χ2n) is 11.5. The Bertz CT molecular complexity index is 2940. The van der Waals surface area contributed by atoms with E-state index in [1.165, 1.54) is 25.1 Å². The van der Waals surface area contributed by atoms with E-state index in [0.717, 1.165) is 30.3 Å². The van der Waals surface area contributed by atoms with Crippen molar-refractivity contribution in [2.45, 2.75) is 32.9 Å². The van der Waals surface area contributed by atoms with E-state index >= 15 is 0 Å². The Balaban J connectivity index is 1.65. The number of aromatic hydroxyl groups is 2. The molecule has 0 aliphatic heterocycles. The Morgan fingerprint density at radius 3 is 1.89 bits per heavy atom. The quantitative estimate of drug-likeness (QED) is 0.0150. The van der Waals surface area contributed by atoms with Gasteiger partial charge in [-0.15, -0.1) is 19.7 Å². The Morgan fingerprint density at radius 1 is 0.667 bits per heavy atom. The normalized spacial score (nSPS) is 13.0. The maximum absolute atomic E-state index is 12.4. The number of phenols is 2. The second kappa shape index (κ2) is 16.5. The lowest BCUT2D eigenvalue weighted by atomic mass is 10.1. The number of azo groups is 2. The van der Waals surface area contributed by atoms with Crippen LogP contribution < -0.4 is 4.74 Å². The number of phenolic OH excluding ortho intramolecular Hbond substituents is 2. The largest absolute Gasteiger partial charge is 0.507 e. The highest BCUT2D eigenvalue weighted by atomic mass is 32.2. The van der Waals surface area contributed by atoms with Crippen LogP contribution in [0.2, 0.25) is 0 Å². The van der Waals surface area contributed by atoms with Crippen LogP contribution in [-0.4, -0.2) is 79.7 Å². The fourth-order valence-electron chi connectivity index (χ4n) is 5.19. The van der Waals surface area contributed by atoms with E-state index in [-0.39, 0.29) is 57.6 Å². The van der Waals surface area contributed by atoms with Crippen LogP contribution in [0.15, 0.2) is 101 Å². The maximum Gasteiger partial charge on any atom is 0.296 e. The van der Waals surface area contributed by atoms with Crippen molar-refractivity contribution in [3.63, 3.8) is 0 Å². The number of nitrogens with zero attached hydrogens (tertiary/aromatic N) is 4. The van der Waals surface area contributed by atoms with Crippen LogP contribution in [0.1, 0.15) is 12.0 Å². The van der Waals surface area contributed by atoms with Gasteiger partial charge in [-0.1, -0.05) is 17.2 Å². The molecule has 0 aromatic heterocycles. The van der Waals surface area contributed by atoms with Gasteiger partial charge in [0, 0.05) is 40.7 Å². The zero-order chi connectivity index (χ0) is 42.1. The molecule has 0 aliphatic carbocycles. The van der Waals surface area contributed by atoms with Gasteiger partial charge in [0.05, 0.1) is 33.2 Å². The minimum absolute atomic E-state index is 0.0142. The van der Waals surface area contributed by atoms with Crippen molar-refractivity contribution in [2.75, 3.05) is 12.4 Å². The van der Waals surface area contributed by atoms with Gasteiger partial charge in [-0.25, -0.2) is 5.26 Å². The number of hydrogen-bond donors (Lipinski definition) is 7.